The van der Waals surface area contributed by atoms with Crippen LogP contribution in [0.2, 0.25) is 0 Å². The van der Waals surface area contributed by atoms with Crippen molar-refractivity contribution in [2.24, 2.45) is 0 Å². The van der Waals surface area contributed by atoms with Gasteiger partial charge in [-0.15, -0.1) is 10.2 Å². The van der Waals surface area contributed by atoms with Crippen LogP contribution >= 0.6 is 0 Å². The van der Waals surface area contributed by atoms with Gasteiger partial charge in [-0.25, -0.2) is 9.97 Å². The first-order valence-electron chi connectivity index (χ1n) is 4.94. The first kappa shape index (κ1) is 9.70. The second kappa shape index (κ2) is 4.59. The number of aromatic nitrogens is 6. The summed E-state index contributed by atoms with van der Waals surface area (Å²) in [6.07, 6.45) is 5.31. The summed E-state index contributed by atoms with van der Waals surface area (Å²) < 4.78 is 0. The quantitative estimate of drug-likeness (QED) is 0.741. The zero-order valence-electron chi connectivity index (χ0n) is 8.54. The van der Waals surface area contributed by atoms with Crippen LogP contribution in [-0.2, 0) is 6.54 Å². The van der Waals surface area contributed by atoms with E-state index in [0.717, 1.165) is 19.4 Å². The van der Waals surface area contributed by atoms with E-state index in [1.54, 1.807) is 17.1 Å². The molecule has 0 unspecified atom stereocenters. The molecule has 2 aromatic heterocycles. The van der Waals surface area contributed by atoms with Gasteiger partial charge in [-0.05, 0) is 17.7 Å². The minimum Gasteiger partial charge on any atom is -0.245 e. The zero-order chi connectivity index (χ0) is 10.5. The molecule has 0 N–H and O–H groups in total. The molecule has 0 amide bonds. The number of unbranched alkanes of at least 4 members (excludes halogenated alkanes) is 1. The van der Waals surface area contributed by atoms with Gasteiger partial charge in [0.05, 0.1) is 6.54 Å². The lowest BCUT2D eigenvalue weighted by molar-refractivity contribution is 0.496. The molecule has 0 aliphatic heterocycles. The van der Waals surface area contributed by atoms with Crippen LogP contribution in [0.4, 0.5) is 0 Å². The monoisotopic (exact) mass is 204 g/mol. The molecule has 2 aromatic rings. The summed E-state index contributed by atoms with van der Waals surface area (Å²) in [6, 6.07) is 1.77. The van der Waals surface area contributed by atoms with Crippen LogP contribution in [0.25, 0.3) is 11.5 Å². The van der Waals surface area contributed by atoms with E-state index in [4.69, 9.17) is 0 Å². The van der Waals surface area contributed by atoms with Gasteiger partial charge in [0, 0.05) is 6.20 Å². The average molecular weight is 204 g/mol. The Hall–Kier alpha value is -1.85. The molecule has 0 saturated carbocycles. The fraction of sp³-hybridized carbons (Fsp3) is 0.444. The molecule has 0 saturated heterocycles. The van der Waals surface area contributed by atoms with Crippen molar-refractivity contribution >= 4 is 0 Å². The van der Waals surface area contributed by atoms with Crippen LogP contribution in [0.3, 0.4) is 0 Å². The number of tetrazole rings is 1. The smallest absolute Gasteiger partial charge is 0.223 e. The highest BCUT2D eigenvalue weighted by molar-refractivity contribution is 5.45. The molecule has 6 heteroatoms. The Balaban J connectivity index is 2.14. The van der Waals surface area contributed by atoms with Gasteiger partial charge in [0.2, 0.25) is 5.82 Å². The summed E-state index contributed by atoms with van der Waals surface area (Å²) >= 11 is 0. The third-order valence-electron chi connectivity index (χ3n) is 1.98. The molecule has 0 bridgehead atoms. The molecule has 0 aliphatic rings. The molecular weight excluding hydrogens is 192 g/mol. The Morgan fingerprint density at radius 2 is 2.33 bits per heavy atom. The second-order valence-corrected chi connectivity index (χ2v) is 3.16. The van der Waals surface area contributed by atoms with Crippen LogP contribution in [0.15, 0.2) is 18.6 Å². The third-order valence-corrected chi connectivity index (χ3v) is 1.98. The Morgan fingerprint density at radius 3 is 3.07 bits per heavy atom. The van der Waals surface area contributed by atoms with Crippen LogP contribution in [0.5, 0.6) is 0 Å². The summed E-state index contributed by atoms with van der Waals surface area (Å²) in [4.78, 5) is 9.48. The van der Waals surface area contributed by atoms with Gasteiger partial charge >= 0.3 is 0 Å². The molecule has 0 aliphatic carbocycles. The fourth-order valence-corrected chi connectivity index (χ4v) is 1.16. The molecule has 6 nitrogen and oxygen atoms in total. The van der Waals surface area contributed by atoms with Crippen molar-refractivity contribution in [3.05, 3.63) is 18.6 Å². The van der Waals surface area contributed by atoms with Gasteiger partial charge in [-0.1, -0.05) is 13.3 Å². The molecule has 0 radical (unpaired) electrons. The second-order valence-electron chi connectivity index (χ2n) is 3.16. The number of rotatable bonds is 4. The van der Waals surface area contributed by atoms with Crippen molar-refractivity contribution in [1.82, 2.24) is 30.2 Å². The van der Waals surface area contributed by atoms with Crippen molar-refractivity contribution in [3.8, 4) is 11.5 Å². The molecule has 0 spiro atoms. The molecule has 0 fully saturated rings. The molecule has 78 valence electrons. The first-order valence-corrected chi connectivity index (χ1v) is 4.94. The van der Waals surface area contributed by atoms with Crippen molar-refractivity contribution in [2.45, 2.75) is 26.3 Å². The minimum absolute atomic E-state index is 0.550. The van der Waals surface area contributed by atoms with Crippen LogP contribution in [0, 0.1) is 0 Å². The maximum atomic E-state index is 4.22. The van der Waals surface area contributed by atoms with E-state index < -0.39 is 0 Å². The van der Waals surface area contributed by atoms with E-state index in [1.165, 1.54) is 6.33 Å². The maximum Gasteiger partial charge on any atom is 0.223 e. The lowest BCUT2D eigenvalue weighted by Gasteiger charge is -1.94. The molecule has 0 atom stereocenters. The minimum atomic E-state index is 0.550. The summed E-state index contributed by atoms with van der Waals surface area (Å²) in [5.41, 5.74) is 0.702. The van der Waals surface area contributed by atoms with E-state index in [-0.39, 0.29) is 0 Å². The predicted octanol–water partition coefficient (Wildman–Crippen LogP) is 0.930. The lowest BCUT2D eigenvalue weighted by atomic mass is 10.3. The highest BCUT2D eigenvalue weighted by Gasteiger charge is 2.05. The van der Waals surface area contributed by atoms with E-state index in [9.17, 15) is 0 Å². The Labute approximate surface area is 87.4 Å². The highest BCUT2D eigenvalue weighted by atomic mass is 15.6. The van der Waals surface area contributed by atoms with Gasteiger partial charge < -0.3 is 0 Å². The summed E-state index contributed by atoms with van der Waals surface area (Å²) in [5, 5.41) is 12.1. The van der Waals surface area contributed by atoms with Crippen molar-refractivity contribution in [3.63, 3.8) is 0 Å². The van der Waals surface area contributed by atoms with E-state index in [1.807, 2.05) is 0 Å². The van der Waals surface area contributed by atoms with Gasteiger partial charge in [0.1, 0.15) is 12.0 Å². The molecular formula is C9H12N6. The molecule has 2 heterocycles. The Kier molecular flexibility index (Phi) is 2.96. The topological polar surface area (TPSA) is 69.4 Å². The summed E-state index contributed by atoms with van der Waals surface area (Å²) in [6.45, 7) is 2.93. The van der Waals surface area contributed by atoms with Gasteiger partial charge in [0.25, 0.3) is 0 Å². The number of hydrogen-bond donors (Lipinski definition) is 0. The van der Waals surface area contributed by atoms with Crippen LogP contribution in [-0.4, -0.2) is 30.2 Å². The average Bonchev–Trinajstić information content (AvgIpc) is 2.76. The fourth-order valence-electron chi connectivity index (χ4n) is 1.16. The van der Waals surface area contributed by atoms with E-state index in [0.29, 0.717) is 11.5 Å². The SMILES string of the molecule is CCCCn1nnc(-c2ccncn2)n1. The zero-order valence-corrected chi connectivity index (χ0v) is 8.54. The van der Waals surface area contributed by atoms with Gasteiger partial charge in [-0.2, -0.15) is 4.80 Å². The van der Waals surface area contributed by atoms with Crippen molar-refractivity contribution in [2.75, 3.05) is 0 Å². The van der Waals surface area contributed by atoms with Gasteiger partial charge in [0.15, 0.2) is 0 Å². The summed E-state index contributed by atoms with van der Waals surface area (Å²) in [7, 11) is 0. The molecule has 15 heavy (non-hydrogen) atoms. The van der Waals surface area contributed by atoms with Crippen molar-refractivity contribution < 1.29 is 0 Å². The van der Waals surface area contributed by atoms with Crippen LogP contribution in [0.1, 0.15) is 19.8 Å². The number of aryl methyl sites for hydroxylation is 1. The third kappa shape index (κ3) is 2.34. The Morgan fingerprint density at radius 1 is 1.40 bits per heavy atom. The highest BCUT2D eigenvalue weighted by Crippen LogP contribution is 2.07. The van der Waals surface area contributed by atoms with E-state index in [2.05, 4.69) is 32.3 Å². The lowest BCUT2D eigenvalue weighted by Crippen LogP contribution is -2.02. The number of hydrogen-bond acceptors (Lipinski definition) is 5. The van der Waals surface area contributed by atoms with Crippen molar-refractivity contribution in [1.29, 1.82) is 0 Å². The normalized spacial score (nSPS) is 10.5. The maximum absolute atomic E-state index is 4.22. The standard InChI is InChI=1S/C9H12N6/c1-2-3-6-15-13-9(12-14-15)8-4-5-10-7-11-8/h4-5,7H,2-3,6H2,1H3. The molecule has 2 rings (SSSR count). The van der Waals surface area contributed by atoms with E-state index >= 15 is 0 Å². The summed E-state index contributed by atoms with van der Waals surface area (Å²) in [5.74, 6) is 0.550. The largest absolute Gasteiger partial charge is 0.245 e. The molecule has 0 aromatic carbocycles. The first-order chi connectivity index (χ1) is 7.40. The van der Waals surface area contributed by atoms with Crippen LogP contribution < -0.4 is 0 Å². The van der Waals surface area contributed by atoms with Gasteiger partial charge in [-0.3, -0.25) is 0 Å². The Bertz CT molecular complexity index is 410. The predicted molar refractivity (Wildman–Crippen MR) is 53.8 cm³/mol. The number of nitrogens with zero attached hydrogens (tertiary/aromatic N) is 6.